The summed E-state index contributed by atoms with van der Waals surface area (Å²) in [5.74, 6) is -0.138. The molecule has 0 heterocycles. The van der Waals surface area contributed by atoms with Crippen LogP contribution in [0.1, 0.15) is 22.7 Å². The Morgan fingerprint density at radius 1 is 1.10 bits per heavy atom. The maximum absolute atomic E-state index is 13.7. The van der Waals surface area contributed by atoms with E-state index < -0.39 is 0 Å². The zero-order valence-corrected chi connectivity index (χ0v) is 12.9. The van der Waals surface area contributed by atoms with Gasteiger partial charge in [0.15, 0.2) is 0 Å². The molecule has 0 radical (unpaired) electrons. The summed E-state index contributed by atoms with van der Waals surface area (Å²) in [6.45, 7) is 3.56. The van der Waals surface area contributed by atoms with E-state index in [2.05, 4.69) is 41.4 Å². The fraction of sp³-hybridized carbons (Fsp3) is 0.333. The van der Waals surface area contributed by atoms with Crippen molar-refractivity contribution >= 4 is 0 Å². The van der Waals surface area contributed by atoms with Crippen LogP contribution in [0.4, 0.5) is 4.39 Å². The number of nitrogens with one attached hydrogen (secondary N) is 1. The van der Waals surface area contributed by atoms with E-state index in [0.29, 0.717) is 6.54 Å². The summed E-state index contributed by atoms with van der Waals surface area (Å²) in [5.41, 5.74) is 3.30. The first-order chi connectivity index (χ1) is 10.1. The quantitative estimate of drug-likeness (QED) is 0.874. The molecule has 1 atom stereocenters. The Balaban J connectivity index is 2.05. The lowest BCUT2D eigenvalue weighted by Gasteiger charge is -2.25. The molecule has 1 unspecified atom stereocenters. The van der Waals surface area contributed by atoms with Crippen LogP contribution in [0.25, 0.3) is 0 Å². The number of hydrogen-bond acceptors (Lipinski definition) is 2. The fourth-order valence-corrected chi connectivity index (χ4v) is 2.62. The summed E-state index contributed by atoms with van der Waals surface area (Å²) in [4.78, 5) is 2.14. The van der Waals surface area contributed by atoms with Gasteiger partial charge in [0, 0.05) is 24.7 Å². The largest absolute Gasteiger partial charge is 0.312 e. The minimum absolute atomic E-state index is 0.138. The van der Waals surface area contributed by atoms with Gasteiger partial charge in [-0.2, -0.15) is 0 Å². The van der Waals surface area contributed by atoms with E-state index in [-0.39, 0.29) is 11.9 Å². The first-order valence-corrected chi connectivity index (χ1v) is 7.26. The molecule has 0 bridgehead atoms. The summed E-state index contributed by atoms with van der Waals surface area (Å²) < 4.78 is 13.7. The third-order valence-corrected chi connectivity index (χ3v) is 3.80. The third-order valence-electron chi connectivity index (χ3n) is 3.80. The zero-order chi connectivity index (χ0) is 15.2. The van der Waals surface area contributed by atoms with Crippen LogP contribution < -0.4 is 5.32 Å². The second-order valence-electron chi connectivity index (χ2n) is 5.49. The minimum atomic E-state index is -0.138. The van der Waals surface area contributed by atoms with Crippen LogP contribution in [0.3, 0.4) is 0 Å². The molecule has 3 heteroatoms. The van der Waals surface area contributed by atoms with E-state index in [0.717, 1.165) is 12.1 Å². The van der Waals surface area contributed by atoms with Gasteiger partial charge in [-0.25, -0.2) is 4.39 Å². The molecule has 0 amide bonds. The average molecular weight is 286 g/mol. The fourth-order valence-electron chi connectivity index (χ4n) is 2.62. The van der Waals surface area contributed by atoms with Crippen molar-refractivity contribution < 1.29 is 4.39 Å². The first kappa shape index (κ1) is 15.7. The van der Waals surface area contributed by atoms with Gasteiger partial charge in [0.05, 0.1) is 0 Å². The van der Waals surface area contributed by atoms with Crippen LogP contribution >= 0.6 is 0 Å². The van der Waals surface area contributed by atoms with Crippen LogP contribution in [-0.2, 0) is 6.54 Å². The molecule has 0 aromatic heterocycles. The lowest BCUT2D eigenvalue weighted by Crippen LogP contribution is -2.31. The van der Waals surface area contributed by atoms with E-state index in [9.17, 15) is 4.39 Å². The molecule has 0 aliphatic rings. The van der Waals surface area contributed by atoms with Gasteiger partial charge in [-0.1, -0.05) is 42.5 Å². The highest BCUT2D eigenvalue weighted by Gasteiger charge is 2.14. The van der Waals surface area contributed by atoms with Crippen molar-refractivity contribution in [1.29, 1.82) is 0 Å². The van der Waals surface area contributed by atoms with Crippen LogP contribution in [0, 0.1) is 12.7 Å². The molecule has 21 heavy (non-hydrogen) atoms. The number of hydrogen-bond donors (Lipinski definition) is 1. The van der Waals surface area contributed by atoms with Crippen LogP contribution in [0.15, 0.2) is 48.5 Å². The molecule has 0 spiro atoms. The highest BCUT2D eigenvalue weighted by molar-refractivity contribution is 5.29. The van der Waals surface area contributed by atoms with Crippen LogP contribution in [-0.4, -0.2) is 25.5 Å². The molecular weight excluding hydrogens is 263 g/mol. The number of rotatable bonds is 6. The second kappa shape index (κ2) is 7.34. The molecule has 2 rings (SSSR count). The van der Waals surface area contributed by atoms with Crippen LogP contribution in [0.2, 0.25) is 0 Å². The Bertz CT molecular complexity index is 583. The van der Waals surface area contributed by atoms with E-state index in [1.165, 1.54) is 17.2 Å². The molecule has 2 aromatic carbocycles. The van der Waals surface area contributed by atoms with Gasteiger partial charge in [-0.15, -0.1) is 0 Å². The van der Waals surface area contributed by atoms with Crippen molar-refractivity contribution in [3.8, 4) is 0 Å². The SMILES string of the molecule is CNC(CN(C)Cc1ccccc1F)c1ccccc1C. The topological polar surface area (TPSA) is 15.3 Å². The Hall–Kier alpha value is -1.71. The highest BCUT2D eigenvalue weighted by atomic mass is 19.1. The molecule has 0 saturated carbocycles. The van der Waals surface area contributed by atoms with Crippen molar-refractivity contribution in [2.24, 2.45) is 0 Å². The maximum Gasteiger partial charge on any atom is 0.127 e. The number of halogens is 1. The van der Waals surface area contributed by atoms with Crippen molar-refractivity contribution in [2.75, 3.05) is 20.6 Å². The number of likely N-dealkylation sites (N-methyl/N-ethyl adjacent to an activating group) is 2. The predicted molar refractivity (Wildman–Crippen MR) is 85.7 cm³/mol. The van der Waals surface area contributed by atoms with Crippen molar-refractivity contribution in [3.63, 3.8) is 0 Å². The highest BCUT2D eigenvalue weighted by Crippen LogP contribution is 2.19. The Kier molecular flexibility index (Phi) is 5.48. The molecule has 112 valence electrons. The molecule has 1 N–H and O–H groups in total. The Morgan fingerprint density at radius 3 is 2.43 bits per heavy atom. The van der Waals surface area contributed by atoms with Crippen LogP contribution in [0.5, 0.6) is 0 Å². The lowest BCUT2D eigenvalue weighted by molar-refractivity contribution is 0.285. The Labute approximate surface area is 126 Å². The van der Waals surface area contributed by atoms with Crippen molar-refractivity contribution in [1.82, 2.24) is 10.2 Å². The molecule has 2 aromatic rings. The Morgan fingerprint density at radius 2 is 1.76 bits per heavy atom. The first-order valence-electron chi connectivity index (χ1n) is 7.26. The average Bonchev–Trinajstić information content (AvgIpc) is 2.48. The summed E-state index contributed by atoms with van der Waals surface area (Å²) in [6.07, 6.45) is 0. The number of aryl methyl sites for hydroxylation is 1. The van der Waals surface area contributed by atoms with Gasteiger partial charge in [0.1, 0.15) is 5.82 Å². The molecule has 0 fully saturated rings. The van der Waals surface area contributed by atoms with Gasteiger partial charge in [-0.3, -0.25) is 0 Å². The molecule has 0 saturated heterocycles. The maximum atomic E-state index is 13.7. The van der Waals surface area contributed by atoms with Gasteiger partial charge >= 0.3 is 0 Å². The molecular formula is C18H23FN2. The smallest absolute Gasteiger partial charge is 0.127 e. The van der Waals surface area contributed by atoms with Crippen molar-refractivity contribution in [2.45, 2.75) is 19.5 Å². The molecule has 0 aliphatic carbocycles. The predicted octanol–water partition coefficient (Wildman–Crippen LogP) is 3.53. The zero-order valence-electron chi connectivity index (χ0n) is 12.9. The third kappa shape index (κ3) is 4.13. The summed E-state index contributed by atoms with van der Waals surface area (Å²) in [7, 11) is 3.99. The number of nitrogens with zero attached hydrogens (tertiary/aromatic N) is 1. The lowest BCUT2D eigenvalue weighted by atomic mass is 10.0. The van der Waals surface area contributed by atoms with Gasteiger partial charge in [0.25, 0.3) is 0 Å². The van der Waals surface area contributed by atoms with E-state index >= 15 is 0 Å². The van der Waals surface area contributed by atoms with Gasteiger partial charge in [-0.05, 0) is 38.2 Å². The number of benzene rings is 2. The van der Waals surface area contributed by atoms with Crippen molar-refractivity contribution in [3.05, 3.63) is 71.0 Å². The summed E-state index contributed by atoms with van der Waals surface area (Å²) in [5, 5.41) is 3.36. The standard InChI is InChI=1S/C18H23FN2/c1-14-8-4-6-10-16(14)18(20-2)13-21(3)12-15-9-5-7-11-17(15)19/h4-11,18,20H,12-13H2,1-3H3. The molecule has 2 nitrogen and oxygen atoms in total. The molecule has 0 aliphatic heterocycles. The minimum Gasteiger partial charge on any atom is -0.312 e. The van der Waals surface area contributed by atoms with Gasteiger partial charge in [0.2, 0.25) is 0 Å². The van der Waals surface area contributed by atoms with Gasteiger partial charge < -0.3 is 10.2 Å². The normalized spacial score (nSPS) is 12.6. The van der Waals surface area contributed by atoms with E-state index in [4.69, 9.17) is 0 Å². The summed E-state index contributed by atoms with van der Waals surface area (Å²) in [6, 6.07) is 15.6. The van der Waals surface area contributed by atoms with E-state index in [1.807, 2.05) is 26.2 Å². The second-order valence-corrected chi connectivity index (χ2v) is 5.49. The monoisotopic (exact) mass is 286 g/mol. The summed E-state index contributed by atoms with van der Waals surface area (Å²) >= 11 is 0. The van der Waals surface area contributed by atoms with E-state index in [1.54, 1.807) is 6.07 Å².